The minimum absolute atomic E-state index is 0.0441. The molecule has 1 saturated heterocycles. The van der Waals surface area contributed by atoms with Crippen LogP contribution in [-0.2, 0) is 4.74 Å². The quantitative estimate of drug-likeness (QED) is 0.879. The Bertz CT molecular complexity index is 465. The molecule has 1 aromatic rings. The van der Waals surface area contributed by atoms with E-state index in [0.717, 1.165) is 30.7 Å². The summed E-state index contributed by atoms with van der Waals surface area (Å²) in [5.74, 6) is -0.0441. The Morgan fingerprint density at radius 3 is 2.84 bits per heavy atom. The smallest absolute Gasteiger partial charge is 0.253 e. The minimum atomic E-state index is -0.259. The molecule has 0 bridgehead atoms. The van der Waals surface area contributed by atoms with Gasteiger partial charge in [-0.2, -0.15) is 0 Å². The Kier molecular flexibility index (Phi) is 4.10. The normalized spacial score (nSPS) is 22.9. The largest absolute Gasteiger partial charge is 0.387 e. The number of benzene rings is 1. The summed E-state index contributed by atoms with van der Waals surface area (Å²) in [5, 5.41) is 6.18. The van der Waals surface area contributed by atoms with Crippen LogP contribution >= 0.6 is 0 Å². The highest BCUT2D eigenvalue weighted by Gasteiger charge is 2.30. The summed E-state index contributed by atoms with van der Waals surface area (Å²) in [6.07, 6.45) is 1.95. The zero-order chi connectivity index (χ0) is 13.9. The van der Waals surface area contributed by atoms with Crippen molar-refractivity contribution >= 4 is 11.6 Å². The van der Waals surface area contributed by atoms with Crippen LogP contribution in [0.15, 0.2) is 18.2 Å². The van der Waals surface area contributed by atoms with Crippen LogP contribution in [0, 0.1) is 6.92 Å². The molecule has 2 rings (SSSR count). The lowest BCUT2D eigenvalue weighted by molar-refractivity contribution is 0.0273. The van der Waals surface area contributed by atoms with Crippen LogP contribution in [0.2, 0.25) is 0 Å². The second-order valence-electron chi connectivity index (χ2n) is 5.47. The van der Waals surface area contributed by atoms with Crippen LogP contribution in [-0.4, -0.2) is 31.7 Å². The van der Waals surface area contributed by atoms with Crippen molar-refractivity contribution in [1.29, 1.82) is 0 Å². The van der Waals surface area contributed by atoms with Crippen molar-refractivity contribution in [3.8, 4) is 0 Å². The van der Waals surface area contributed by atoms with E-state index in [4.69, 9.17) is 4.74 Å². The van der Waals surface area contributed by atoms with Gasteiger partial charge in [0.05, 0.1) is 17.7 Å². The molecule has 0 spiro atoms. The number of aryl methyl sites for hydroxylation is 1. The van der Waals surface area contributed by atoms with Gasteiger partial charge in [-0.15, -0.1) is 0 Å². The Morgan fingerprint density at radius 2 is 2.21 bits per heavy atom. The number of amides is 1. The number of ether oxygens (including phenoxy) is 1. The van der Waals surface area contributed by atoms with E-state index in [0.29, 0.717) is 12.2 Å². The topological polar surface area (TPSA) is 50.4 Å². The van der Waals surface area contributed by atoms with Gasteiger partial charge in [-0.3, -0.25) is 4.79 Å². The van der Waals surface area contributed by atoms with E-state index in [2.05, 4.69) is 10.6 Å². The number of carbonyl (C=O) groups is 1. The molecule has 4 heteroatoms. The summed E-state index contributed by atoms with van der Waals surface area (Å²) in [6.45, 7) is 5.42. The first-order valence-corrected chi connectivity index (χ1v) is 6.73. The van der Waals surface area contributed by atoms with Gasteiger partial charge in [0.25, 0.3) is 5.91 Å². The maximum absolute atomic E-state index is 12.4. The molecule has 0 radical (unpaired) electrons. The second kappa shape index (κ2) is 5.61. The molecule has 0 aliphatic carbocycles. The third kappa shape index (κ3) is 3.26. The molecule has 1 atom stereocenters. The fourth-order valence-electron chi connectivity index (χ4n) is 2.44. The fourth-order valence-corrected chi connectivity index (χ4v) is 2.44. The minimum Gasteiger partial charge on any atom is -0.387 e. The first-order valence-electron chi connectivity index (χ1n) is 6.73. The van der Waals surface area contributed by atoms with Crippen LogP contribution in [0.3, 0.4) is 0 Å². The first-order chi connectivity index (χ1) is 9.04. The van der Waals surface area contributed by atoms with Crippen molar-refractivity contribution in [2.45, 2.75) is 32.2 Å². The Labute approximate surface area is 114 Å². The van der Waals surface area contributed by atoms with E-state index < -0.39 is 0 Å². The standard InChI is InChI=1S/C15H22N2O2/c1-11-5-6-12(13(9-11)16-3)14(18)17-15(2)7-4-8-19-10-15/h5-6,9,16H,4,7-8,10H2,1-3H3,(H,17,18). The number of carbonyl (C=O) groups excluding carboxylic acids is 1. The van der Waals surface area contributed by atoms with Crippen LogP contribution in [0.5, 0.6) is 0 Å². The van der Waals surface area contributed by atoms with Crippen LogP contribution in [0.25, 0.3) is 0 Å². The van der Waals surface area contributed by atoms with E-state index in [-0.39, 0.29) is 11.4 Å². The van der Waals surface area contributed by atoms with Gasteiger partial charge >= 0.3 is 0 Å². The monoisotopic (exact) mass is 262 g/mol. The molecular formula is C15H22N2O2. The molecule has 1 heterocycles. The number of nitrogens with one attached hydrogen (secondary N) is 2. The van der Waals surface area contributed by atoms with Crippen LogP contribution < -0.4 is 10.6 Å². The van der Waals surface area contributed by atoms with Crippen LogP contribution in [0.1, 0.15) is 35.7 Å². The van der Waals surface area contributed by atoms with E-state index in [9.17, 15) is 4.79 Å². The lowest BCUT2D eigenvalue weighted by atomic mass is 9.94. The van der Waals surface area contributed by atoms with Crippen LogP contribution in [0.4, 0.5) is 5.69 Å². The molecule has 1 aliphatic rings. The van der Waals surface area contributed by atoms with Gasteiger partial charge in [0.15, 0.2) is 0 Å². The van der Waals surface area contributed by atoms with Crippen molar-refractivity contribution in [2.75, 3.05) is 25.6 Å². The molecule has 1 aromatic carbocycles. The van der Waals surface area contributed by atoms with Crippen molar-refractivity contribution in [3.63, 3.8) is 0 Å². The molecule has 0 saturated carbocycles. The van der Waals surface area contributed by atoms with Gasteiger partial charge < -0.3 is 15.4 Å². The summed E-state index contributed by atoms with van der Waals surface area (Å²) in [4.78, 5) is 12.4. The highest BCUT2D eigenvalue weighted by molar-refractivity contribution is 6.00. The van der Waals surface area contributed by atoms with E-state index >= 15 is 0 Å². The van der Waals surface area contributed by atoms with Gasteiger partial charge in [0, 0.05) is 19.3 Å². The third-order valence-corrected chi connectivity index (χ3v) is 3.54. The second-order valence-corrected chi connectivity index (χ2v) is 5.47. The Balaban J connectivity index is 2.15. The van der Waals surface area contributed by atoms with Gasteiger partial charge in [-0.05, 0) is 44.4 Å². The van der Waals surface area contributed by atoms with Crippen molar-refractivity contribution in [1.82, 2.24) is 5.32 Å². The zero-order valence-electron chi connectivity index (χ0n) is 11.9. The molecule has 1 unspecified atom stereocenters. The van der Waals surface area contributed by atoms with Gasteiger partial charge in [-0.1, -0.05) is 6.07 Å². The summed E-state index contributed by atoms with van der Waals surface area (Å²) in [7, 11) is 1.83. The molecule has 1 fully saturated rings. The van der Waals surface area contributed by atoms with Gasteiger partial charge in [-0.25, -0.2) is 0 Å². The average Bonchev–Trinajstić information content (AvgIpc) is 2.38. The Morgan fingerprint density at radius 1 is 1.42 bits per heavy atom. The molecule has 104 valence electrons. The number of hydrogen-bond acceptors (Lipinski definition) is 3. The summed E-state index contributed by atoms with van der Waals surface area (Å²) in [6, 6.07) is 5.80. The number of hydrogen-bond donors (Lipinski definition) is 2. The van der Waals surface area contributed by atoms with E-state index in [1.807, 2.05) is 39.1 Å². The van der Waals surface area contributed by atoms with E-state index in [1.165, 1.54) is 0 Å². The SMILES string of the molecule is CNc1cc(C)ccc1C(=O)NC1(C)CCCOC1. The molecule has 1 amide bonds. The number of anilines is 1. The van der Waals surface area contributed by atoms with Crippen molar-refractivity contribution in [2.24, 2.45) is 0 Å². The average molecular weight is 262 g/mol. The molecule has 19 heavy (non-hydrogen) atoms. The van der Waals surface area contributed by atoms with E-state index in [1.54, 1.807) is 0 Å². The highest BCUT2D eigenvalue weighted by Crippen LogP contribution is 2.21. The lowest BCUT2D eigenvalue weighted by Gasteiger charge is -2.34. The summed E-state index contributed by atoms with van der Waals surface area (Å²) in [5.41, 5.74) is 2.41. The number of rotatable bonds is 3. The lowest BCUT2D eigenvalue weighted by Crippen LogP contribution is -2.51. The predicted molar refractivity (Wildman–Crippen MR) is 76.6 cm³/mol. The van der Waals surface area contributed by atoms with Crippen molar-refractivity contribution < 1.29 is 9.53 Å². The third-order valence-electron chi connectivity index (χ3n) is 3.54. The van der Waals surface area contributed by atoms with Crippen molar-refractivity contribution in [3.05, 3.63) is 29.3 Å². The van der Waals surface area contributed by atoms with Gasteiger partial charge in [0.1, 0.15) is 0 Å². The maximum atomic E-state index is 12.4. The molecule has 2 N–H and O–H groups in total. The Hall–Kier alpha value is -1.55. The summed E-state index contributed by atoms with van der Waals surface area (Å²) < 4.78 is 5.47. The van der Waals surface area contributed by atoms with Gasteiger partial charge in [0.2, 0.25) is 0 Å². The highest BCUT2D eigenvalue weighted by atomic mass is 16.5. The first kappa shape index (κ1) is 13.9. The maximum Gasteiger partial charge on any atom is 0.253 e. The predicted octanol–water partition coefficient (Wildman–Crippen LogP) is 2.34. The fraction of sp³-hybridized carbons (Fsp3) is 0.533. The molecule has 4 nitrogen and oxygen atoms in total. The molecular weight excluding hydrogens is 240 g/mol. The summed E-state index contributed by atoms with van der Waals surface area (Å²) >= 11 is 0. The zero-order valence-corrected chi connectivity index (χ0v) is 11.9. The molecule has 1 aliphatic heterocycles. The molecule has 0 aromatic heterocycles.